The molecule has 6 nitrogen and oxygen atoms in total. The number of ether oxygens (including phenoxy) is 1. The fourth-order valence-corrected chi connectivity index (χ4v) is 2.59. The van der Waals surface area contributed by atoms with Gasteiger partial charge in [-0.15, -0.1) is 0 Å². The van der Waals surface area contributed by atoms with Crippen molar-refractivity contribution in [2.75, 3.05) is 6.61 Å². The van der Waals surface area contributed by atoms with Crippen LogP contribution in [0.4, 0.5) is 0 Å². The van der Waals surface area contributed by atoms with Crippen LogP contribution < -0.4 is 0 Å². The Morgan fingerprint density at radius 1 is 1.00 bits per heavy atom. The lowest BCUT2D eigenvalue weighted by molar-refractivity contribution is -0.285. The van der Waals surface area contributed by atoms with E-state index in [4.69, 9.17) is 9.16 Å². The summed E-state index contributed by atoms with van der Waals surface area (Å²) in [5.41, 5.74) is 0. The molecule has 1 saturated heterocycles. The summed E-state index contributed by atoms with van der Waals surface area (Å²) in [5, 5.41) is 38.2. The van der Waals surface area contributed by atoms with E-state index in [1.165, 1.54) is 0 Å². The summed E-state index contributed by atoms with van der Waals surface area (Å²) >= 11 is 0. The first-order valence-electron chi connectivity index (χ1n) is 6.49. The number of hydrogen-bond donors (Lipinski definition) is 4. The van der Waals surface area contributed by atoms with E-state index < -0.39 is 39.0 Å². The molecule has 1 aliphatic heterocycles. The Balaban J connectivity index is 2.63. The highest BCUT2D eigenvalue weighted by Crippen LogP contribution is 2.37. The molecule has 114 valence electrons. The van der Waals surface area contributed by atoms with E-state index in [-0.39, 0.29) is 11.6 Å². The first-order chi connectivity index (χ1) is 8.47. The predicted octanol–water partition coefficient (Wildman–Crippen LogP) is -0.192. The Morgan fingerprint density at radius 3 is 2.00 bits per heavy atom. The van der Waals surface area contributed by atoms with Gasteiger partial charge < -0.3 is 29.6 Å². The molecule has 0 saturated carbocycles. The molecule has 0 radical (unpaired) electrons. The van der Waals surface area contributed by atoms with E-state index in [1.54, 1.807) is 0 Å². The minimum absolute atomic E-state index is 0.0172. The lowest BCUT2D eigenvalue weighted by atomic mass is 10.00. The highest BCUT2D eigenvalue weighted by atomic mass is 28.4. The molecule has 5 atom stereocenters. The Morgan fingerprint density at radius 2 is 1.53 bits per heavy atom. The van der Waals surface area contributed by atoms with Gasteiger partial charge >= 0.3 is 0 Å². The van der Waals surface area contributed by atoms with Crippen LogP contribution in [0.1, 0.15) is 20.8 Å². The standard InChI is InChI=1S/C12H26O6Si/c1-12(2,3)19(4,5)17-6-7-8(13)9(14)10(15)11(16)18-7/h7-11,13-16H,6H2,1-5H3/t7-,8-,9+,10-,11-/m1/s1. The van der Waals surface area contributed by atoms with Crippen LogP contribution in [0.2, 0.25) is 18.1 Å². The molecule has 4 N–H and O–H groups in total. The van der Waals surface area contributed by atoms with Crippen molar-refractivity contribution in [2.45, 2.75) is 69.6 Å². The SMILES string of the molecule is CC(C)(C)[Si](C)(C)OC[C@H]1O[C@@H](O)[C@H](O)[C@@H](O)[C@@H]1O. The maximum Gasteiger partial charge on any atom is 0.192 e. The van der Waals surface area contributed by atoms with Gasteiger partial charge in [0.25, 0.3) is 0 Å². The predicted molar refractivity (Wildman–Crippen MR) is 72.0 cm³/mol. The third-order valence-electron chi connectivity index (χ3n) is 4.10. The Bertz CT molecular complexity index is 303. The number of rotatable bonds is 3. The summed E-state index contributed by atoms with van der Waals surface area (Å²) in [6.45, 7) is 10.5. The summed E-state index contributed by atoms with van der Waals surface area (Å²) in [6.07, 6.45) is -6.56. The molecule has 1 aliphatic rings. The van der Waals surface area contributed by atoms with Gasteiger partial charge in [-0.1, -0.05) is 20.8 Å². The summed E-state index contributed by atoms with van der Waals surface area (Å²) in [5.74, 6) is 0. The van der Waals surface area contributed by atoms with E-state index in [9.17, 15) is 20.4 Å². The molecule has 0 aliphatic carbocycles. The largest absolute Gasteiger partial charge is 0.414 e. The smallest absolute Gasteiger partial charge is 0.192 e. The van der Waals surface area contributed by atoms with Gasteiger partial charge in [0.05, 0.1) is 6.61 Å². The quantitative estimate of drug-likeness (QED) is 0.538. The molecule has 0 aromatic carbocycles. The van der Waals surface area contributed by atoms with Crippen molar-refractivity contribution in [3.63, 3.8) is 0 Å². The molecule has 19 heavy (non-hydrogen) atoms. The number of aliphatic hydroxyl groups excluding tert-OH is 4. The van der Waals surface area contributed by atoms with Crippen molar-refractivity contribution in [2.24, 2.45) is 0 Å². The fourth-order valence-electron chi connectivity index (χ4n) is 1.58. The fraction of sp³-hybridized carbons (Fsp3) is 1.00. The van der Waals surface area contributed by atoms with E-state index >= 15 is 0 Å². The van der Waals surface area contributed by atoms with Crippen LogP contribution >= 0.6 is 0 Å². The molecule has 1 heterocycles. The molecule has 1 rings (SSSR count). The van der Waals surface area contributed by atoms with Crippen molar-refractivity contribution in [3.8, 4) is 0 Å². The Kier molecular flexibility index (Phi) is 5.17. The molecule has 0 bridgehead atoms. The second kappa shape index (κ2) is 5.77. The lowest BCUT2D eigenvalue weighted by Crippen LogP contribution is -2.59. The molecule has 0 aromatic heterocycles. The van der Waals surface area contributed by atoms with Crippen molar-refractivity contribution < 1.29 is 29.6 Å². The Labute approximate surface area is 115 Å². The van der Waals surface area contributed by atoms with Gasteiger partial charge in [0, 0.05) is 0 Å². The minimum Gasteiger partial charge on any atom is -0.414 e. The lowest BCUT2D eigenvalue weighted by Gasteiger charge is -2.41. The van der Waals surface area contributed by atoms with Gasteiger partial charge in [-0.2, -0.15) is 0 Å². The maximum absolute atomic E-state index is 9.81. The third-order valence-corrected chi connectivity index (χ3v) is 8.60. The van der Waals surface area contributed by atoms with Gasteiger partial charge in [-0.25, -0.2) is 0 Å². The van der Waals surface area contributed by atoms with Crippen LogP contribution in [-0.4, -0.2) is 66.1 Å². The van der Waals surface area contributed by atoms with Gasteiger partial charge in [0.2, 0.25) is 0 Å². The molecule has 7 heteroatoms. The van der Waals surface area contributed by atoms with Crippen molar-refractivity contribution in [3.05, 3.63) is 0 Å². The zero-order chi connectivity index (χ0) is 15.0. The summed E-state index contributed by atoms with van der Waals surface area (Å²) in [6, 6.07) is 0. The van der Waals surface area contributed by atoms with Crippen molar-refractivity contribution in [1.82, 2.24) is 0 Å². The van der Waals surface area contributed by atoms with Crippen LogP contribution in [0.3, 0.4) is 0 Å². The topological polar surface area (TPSA) is 99.4 Å². The van der Waals surface area contributed by atoms with Crippen LogP contribution in [0.15, 0.2) is 0 Å². The van der Waals surface area contributed by atoms with E-state index in [1.807, 2.05) is 0 Å². The van der Waals surface area contributed by atoms with E-state index in [0.29, 0.717) is 0 Å². The van der Waals surface area contributed by atoms with Crippen LogP contribution in [-0.2, 0) is 9.16 Å². The average molecular weight is 294 g/mol. The summed E-state index contributed by atoms with van der Waals surface area (Å²) < 4.78 is 11.0. The third kappa shape index (κ3) is 3.75. The van der Waals surface area contributed by atoms with Gasteiger partial charge in [-0.05, 0) is 18.1 Å². The van der Waals surface area contributed by atoms with Gasteiger partial charge in [0.1, 0.15) is 24.4 Å². The number of hydrogen-bond acceptors (Lipinski definition) is 6. The Hall–Kier alpha value is -0.0231. The monoisotopic (exact) mass is 294 g/mol. The maximum atomic E-state index is 9.81. The molecular formula is C12H26O6Si. The van der Waals surface area contributed by atoms with Crippen LogP contribution in [0, 0.1) is 0 Å². The molecule has 0 aromatic rings. The molecular weight excluding hydrogens is 268 g/mol. The second-order valence-electron chi connectivity index (χ2n) is 6.61. The zero-order valence-corrected chi connectivity index (χ0v) is 13.2. The zero-order valence-electron chi connectivity index (χ0n) is 12.2. The van der Waals surface area contributed by atoms with Crippen molar-refractivity contribution >= 4 is 8.32 Å². The second-order valence-corrected chi connectivity index (χ2v) is 11.4. The summed E-state index contributed by atoms with van der Waals surface area (Å²) in [4.78, 5) is 0. The highest BCUT2D eigenvalue weighted by molar-refractivity contribution is 6.74. The van der Waals surface area contributed by atoms with Gasteiger partial charge in [-0.3, -0.25) is 0 Å². The van der Waals surface area contributed by atoms with Crippen molar-refractivity contribution in [1.29, 1.82) is 0 Å². The summed E-state index contributed by atoms with van der Waals surface area (Å²) in [7, 11) is -2.00. The van der Waals surface area contributed by atoms with E-state index in [0.717, 1.165) is 0 Å². The number of aliphatic hydroxyl groups is 4. The van der Waals surface area contributed by atoms with Crippen LogP contribution in [0.25, 0.3) is 0 Å². The first kappa shape index (κ1) is 17.0. The van der Waals surface area contributed by atoms with Crippen LogP contribution in [0.5, 0.6) is 0 Å². The molecule has 0 unspecified atom stereocenters. The molecule has 0 amide bonds. The molecule has 0 spiro atoms. The van der Waals surface area contributed by atoms with E-state index in [2.05, 4.69) is 33.9 Å². The average Bonchev–Trinajstić information content (AvgIpc) is 2.28. The first-order valence-corrected chi connectivity index (χ1v) is 9.40. The highest BCUT2D eigenvalue weighted by Gasteiger charge is 2.45. The minimum atomic E-state index is -2.00. The molecule has 1 fully saturated rings. The normalized spacial score (nSPS) is 37.4. The van der Waals surface area contributed by atoms with Gasteiger partial charge in [0.15, 0.2) is 14.6 Å².